The summed E-state index contributed by atoms with van der Waals surface area (Å²) in [6, 6.07) is 1.86. The lowest BCUT2D eigenvalue weighted by molar-refractivity contribution is -0.0821. The van der Waals surface area contributed by atoms with Crippen molar-refractivity contribution >= 4 is 16.9 Å². The summed E-state index contributed by atoms with van der Waals surface area (Å²) < 4.78 is 13.1. The second-order valence-electron chi connectivity index (χ2n) is 4.53. The van der Waals surface area contributed by atoms with E-state index in [0.717, 1.165) is 11.0 Å². The lowest BCUT2D eigenvalue weighted by Crippen LogP contribution is -2.22. The molecule has 0 aromatic carbocycles. The Morgan fingerprint density at radius 1 is 1.33 bits per heavy atom. The molecule has 2 aliphatic rings. The molecular weight excluding hydrogens is 236 g/mol. The molecule has 0 aliphatic carbocycles. The largest absolute Gasteiger partial charge is 0.394 e. The van der Waals surface area contributed by atoms with E-state index < -0.39 is 0 Å². The third kappa shape index (κ3) is 1.23. The van der Waals surface area contributed by atoms with E-state index in [0.29, 0.717) is 5.82 Å². The molecule has 94 valence electrons. The zero-order chi connectivity index (χ0) is 12.3. The van der Waals surface area contributed by atoms with E-state index in [-0.39, 0.29) is 31.1 Å². The highest BCUT2D eigenvalue weighted by Gasteiger charge is 2.58. The first-order valence-electron chi connectivity index (χ1n) is 5.78. The van der Waals surface area contributed by atoms with Crippen molar-refractivity contribution in [2.45, 2.75) is 24.5 Å². The number of aromatic nitrogens is 3. The van der Waals surface area contributed by atoms with Gasteiger partial charge in [0, 0.05) is 6.20 Å². The van der Waals surface area contributed by atoms with E-state index in [9.17, 15) is 5.11 Å². The van der Waals surface area contributed by atoms with E-state index >= 15 is 0 Å². The molecule has 4 atom stereocenters. The second kappa shape index (κ2) is 3.41. The van der Waals surface area contributed by atoms with Gasteiger partial charge in [-0.2, -0.15) is 0 Å². The Labute approximate surface area is 102 Å². The van der Waals surface area contributed by atoms with Gasteiger partial charge >= 0.3 is 0 Å². The molecule has 2 fully saturated rings. The number of aliphatic hydroxyl groups excluding tert-OH is 1. The number of nitrogens with zero attached hydrogens (tertiary/aromatic N) is 3. The number of nitrogen functional groups attached to an aromatic ring is 1. The standard InChI is InChI=1S/C11H12N4O3/c12-9-5-1-2-15(10(5)14-4-13-9)11-8-7(18-8)6(3-16)17-11/h1-2,4,6-8,11,16H,3H2,(H2,12,13,14). The molecule has 4 unspecified atom stereocenters. The molecule has 18 heavy (non-hydrogen) atoms. The summed E-state index contributed by atoms with van der Waals surface area (Å²) in [4.78, 5) is 8.17. The van der Waals surface area contributed by atoms with E-state index in [1.165, 1.54) is 6.33 Å². The predicted molar refractivity (Wildman–Crippen MR) is 61.6 cm³/mol. The molecule has 2 aromatic heterocycles. The minimum atomic E-state index is -0.253. The maximum Gasteiger partial charge on any atom is 0.164 e. The number of fused-ring (bicyclic) bond motifs is 2. The quantitative estimate of drug-likeness (QED) is 0.706. The van der Waals surface area contributed by atoms with Crippen molar-refractivity contribution in [1.82, 2.24) is 14.5 Å². The molecule has 0 saturated carbocycles. The summed E-state index contributed by atoms with van der Waals surface area (Å²) >= 11 is 0. The fraction of sp³-hybridized carbons (Fsp3) is 0.455. The highest BCUT2D eigenvalue weighted by atomic mass is 16.7. The molecule has 2 aliphatic heterocycles. The highest BCUT2D eigenvalue weighted by Crippen LogP contribution is 2.45. The molecule has 4 heterocycles. The van der Waals surface area contributed by atoms with E-state index in [1.54, 1.807) is 0 Å². The molecule has 3 N–H and O–H groups in total. The van der Waals surface area contributed by atoms with Crippen molar-refractivity contribution in [3.63, 3.8) is 0 Å². The molecule has 2 saturated heterocycles. The number of hydrogen-bond donors (Lipinski definition) is 2. The molecule has 7 nitrogen and oxygen atoms in total. The Bertz CT molecular complexity index is 613. The van der Waals surface area contributed by atoms with Crippen LogP contribution in [-0.4, -0.2) is 44.6 Å². The second-order valence-corrected chi connectivity index (χ2v) is 4.53. The predicted octanol–water partition coefficient (Wildman–Crippen LogP) is -0.329. The molecule has 2 aromatic rings. The topological polar surface area (TPSA) is 98.7 Å². The average Bonchev–Trinajstić information content (AvgIpc) is 2.91. The minimum absolute atomic E-state index is 0.00312. The van der Waals surface area contributed by atoms with E-state index in [2.05, 4.69) is 9.97 Å². The fourth-order valence-electron chi connectivity index (χ4n) is 2.57. The molecule has 4 rings (SSSR count). The third-order valence-electron chi connectivity index (χ3n) is 3.52. The number of aliphatic hydroxyl groups is 1. The van der Waals surface area contributed by atoms with Crippen LogP contribution in [0, 0.1) is 0 Å². The number of rotatable bonds is 2. The number of ether oxygens (including phenoxy) is 2. The Balaban J connectivity index is 1.78. The third-order valence-corrected chi connectivity index (χ3v) is 3.52. The van der Waals surface area contributed by atoms with Gasteiger partial charge in [-0.25, -0.2) is 9.97 Å². The number of epoxide rings is 1. The van der Waals surface area contributed by atoms with Crippen LogP contribution in [0.5, 0.6) is 0 Å². The van der Waals surface area contributed by atoms with Crippen molar-refractivity contribution in [3.05, 3.63) is 18.6 Å². The number of nitrogens with two attached hydrogens (primary N) is 1. The van der Waals surface area contributed by atoms with Crippen molar-refractivity contribution in [2.24, 2.45) is 0 Å². The van der Waals surface area contributed by atoms with Crippen LogP contribution in [0.3, 0.4) is 0 Å². The monoisotopic (exact) mass is 248 g/mol. The lowest BCUT2D eigenvalue weighted by atomic mass is 10.2. The van der Waals surface area contributed by atoms with Crippen molar-refractivity contribution in [2.75, 3.05) is 12.3 Å². The molecular formula is C11H12N4O3. The first-order chi connectivity index (χ1) is 8.79. The van der Waals surface area contributed by atoms with Gasteiger partial charge in [-0.3, -0.25) is 0 Å². The fourth-order valence-corrected chi connectivity index (χ4v) is 2.57. The average molecular weight is 248 g/mol. The van der Waals surface area contributed by atoms with Crippen LogP contribution >= 0.6 is 0 Å². The van der Waals surface area contributed by atoms with E-state index in [4.69, 9.17) is 15.2 Å². The first kappa shape index (κ1) is 10.2. The van der Waals surface area contributed by atoms with Crippen LogP contribution in [0.25, 0.3) is 11.0 Å². The molecule has 0 bridgehead atoms. The maximum absolute atomic E-state index is 9.18. The SMILES string of the molecule is Nc1ncnc2c1ccn2C1OC(CO)C2OC21. The number of anilines is 1. The van der Waals surface area contributed by atoms with Gasteiger partial charge < -0.3 is 24.9 Å². The lowest BCUT2D eigenvalue weighted by Gasteiger charge is -2.17. The Morgan fingerprint density at radius 3 is 3.00 bits per heavy atom. The smallest absolute Gasteiger partial charge is 0.164 e. The number of hydrogen-bond acceptors (Lipinski definition) is 6. The van der Waals surface area contributed by atoms with Crippen LogP contribution in [0.15, 0.2) is 18.6 Å². The van der Waals surface area contributed by atoms with E-state index in [1.807, 2.05) is 16.8 Å². The zero-order valence-corrected chi connectivity index (χ0v) is 9.43. The summed E-state index contributed by atoms with van der Waals surface area (Å²) in [6.07, 6.45) is 2.78. The molecule has 0 spiro atoms. The van der Waals surface area contributed by atoms with Gasteiger partial charge in [0.25, 0.3) is 0 Å². The summed E-state index contributed by atoms with van der Waals surface area (Å²) in [6.45, 7) is -0.0337. The van der Waals surface area contributed by atoms with Gasteiger partial charge in [0.1, 0.15) is 36.1 Å². The van der Waals surface area contributed by atoms with Gasteiger partial charge in [-0.15, -0.1) is 0 Å². The normalized spacial score (nSPS) is 33.8. The van der Waals surface area contributed by atoms with Gasteiger partial charge in [-0.05, 0) is 6.07 Å². The maximum atomic E-state index is 9.18. The van der Waals surface area contributed by atoms with Gasteiger partial charge in [-0.1, -0.05) is 0 Å². The highest BCUT2D eigenvalue weighted by molar-refractivity contribution is 5.86. The van der Waals surface area contributed by atoms with Crippen LogP contribution in [-0.2, 0) is 9.47 Å². The van der Waals surface area contributed by atoms with Gasteiger partial charge in [0.15, 0.2) is 6.23 Å². The summed E-state index contributed by atoms with van der Waals surface area (Å²) in [5.41, 5.74) is 6.51. The Hall–Kier alpha value is -1.70. The summed E-state index contributed by atoms with van der Waals surface area (Å²) in [7, 11) is 0. The van der Waals surface area contributed by atoms with Crippen molar-refractivity contribution < 1.29 is 14.6 Å². The van der Waals surface area contributed by atoms with Crippen molar-refractivity contribution in [1.29, 1.82) is 0 Å². The Morgan fingerprint density at radius 2 is 2.22 bits per heavy atom. The minimum Gasteiger partial charge on any atom is -0.394 e. The van der Waals surface area contributed by atoms with Crippen molar-refractivity contribution in [3.8, 4) is 0 Å². The zero-order valence-electron chi connectivity index (χ0n) is 9.43. The molecule has 0 amide bonds. The van der Waals surface area contributed by atoms with Gasteiger partial charge in [0.2, 0.25) is 0 Å². The van der Waals surface area contributed by atoms with Gasteiger partial charge in [0.05, 0.1) is 12.0 Å². The van der Waals surface area contributed by atoms with Crippen LogP contribution < -0.4 is 5.73 Å². The van der Waals surface area contributed by atoms with Crippen LogP contribution in [0.2, 0.25) is 0 Å². The van der Waals surface area contributed by atoms with Crippen LogP contribution in [0.1, 0.15) is 6.23 Å². The Kier molecular flexibility index (Phi) is 1.94. The summed E-state index contributed by atoms with van der Waals surface area (Å²) in [5, 5.41) is 9.97. The molecule has 0 radical (unpaired) electrons. The first-order valence-corrected chi connectivity index (χ1v) is 5.78. The molecule has 7 heteroatoms. The van der Waals surface area contributed by atoms with Crippen LogP contribution in [0.4, 0.5) is 5.82 Å². The summed E-state index contributed by atoms with van der Waals surface area (Å²) in [5.74, 6) is 0.448.